The Hall–Kier alpha value is 0.270. The second-order valence-corrected chi connectivity index (χ2v) is 6.29. The van der Waals surface area contributed by atoms with Crippen molar-refractivity contribution < 1.29 is 5.11 Å². The average Bonchev–Trinajstić information content (AvgIpc) is 2.25. The van der Waals surface area contributed by atoms with Crippen molar-refractivity contribution in [2.45, 2.75) is 45.3 Å². The van der Waals surface area contributed by atoms with E-state index < -0.39 is 0 Å². The van der Waals surface area contributed by atoms with E-state index in [1.807, 2.05) is 11.8 Å². The standard InChI is InChI=1S/C12H27NOS/c1-6-12(7-2,15-5)9-13-8-11(3,4)10-14/h13-14H,6-10H2,1-5H3. The molecule has 0 amide bonds. The number of hydrogen-bond donors (Lipinski definition) is 2. The van der Waals surface area contributed by atoms with Crippen molar-refractivity contribution >= 4 is 11.8 Å². The lowest BCUT2D eigenvalue weighted by Gasteiger charge is -2.32. The van der Waals surface area contributed by atoms with Crippen LogP contribution >= 0.6 is 11.8 Å². The lowest BCUT2D eigenvalue weighted by molar-refractivity contribution is 0.156. The molecule has 15 heavy (non-hydrogen) atoms. The van der Waals surface area contributed by atoms with Crippen LogP contribution in [0.5, 0.6) is 0 Å². The minimum atomic E-state index is -0.00830. The van der Waals surface area contributed by atoms with Crippen LogP contribution in [0, 0.1) is 5.41 Å². The van der Waals surface area contributed by atoms with Crippen LogP contribution in [0.25, 0.3) is 0 Å². The number of aliphatic hydroxyl groups excluding tert-OH is 1. The Morgan fingerprint density at radius 2 is 1.67 bits per heavy atom. The van der Waals surface area contributed by atoms with E-state index in [2.05, 4.69) is 39.3 Å². The molecule has 2 nitrogen and oxygen atoms in total. The molecule has 0 aromatic rings. The van der Waals surface area contributed by atoms with E-state index in [9.17, 15) is 0 Å². The topological polar surface area (TPSA) is 32.3 Å². The van der Waals surface area contributed by atoms with Gasteiger partial charge in [0.25, 0.3) is 0 Å². The Morgan fingerprint density at radius 1 is 1.13 bits per heavy atom. The van der Waals surface area contributed by atoms with Crippen molar-refractivity contribution in [2.24, 2.45) is 5.41 Å². The fourth-order valence-electron chi connectivity index (χ4n) is 1.55. The molecule has 0 aliphatic heterocycles. The summed E-state index contributed by atoms with van der Waals surface area (Å²) in [6, 6.07) is 0. The molecule has 0 spiro atoms. The first-order chi connectivity index (χ1) is 6.95. The Balaban J connectivity index is 4.02. The Morgan fingerprint density at radius 3 is 2.00 bits per heavy atom. The molecule has 0 aromatic heterocycles. The molecule has 0 fully saturated rings. The van der Waals surface area contributed by atoms with Crippen LogP contribution < -0.4 is 5.32 Å². The molecule has 0 aromatic carbocycles. The lowest BCUT2D eigenvalue weighted by atomic mass is 9.94. The van der Waals surface area contributed by atoms with E-state index in [0.29, 0.717) is 4.75 Å². The molecular formula is C12H27NOS. The summed E-state index contributed by atoms with van der Waals surface area (Å²) in [5.74, 6) is 0. The van der Waals surface area contributed by atoms with E-state index in [4.69, 9.17) is 5.11 Å². The highest BCUT2D eigenvalue weighted by molar-refractivity contribution is 8.00. The first kappa shape index (κ1) is 15.3. The third kappa shape index (κ3) is 5.23. The van der Waals surface area contributed by atoms with Crippen LogP contribution in [-0.2, 0) is 0 Å². The summed E-state index contributed by atoms with van der Waals surface area (Å²) in [5.41, 5.74) is -0.00830. The van der Waals surface area contributed by atoms with Gasteiger partial charge < -0.3 is 10.4 Å². The maximum absolute atomic E-state index is 9.15. The highest BCUT2D eigenvalue weighted by Gasteiger charge is 2.25. The number of nitrogens with one attached hydrogen (secondary N) is 1. The van der Waals surface area contributed by atoms with Crippen molar-refractivity contribution in [3.63, 3.8) is 0 Å². The van der Waals surface area contributed by atoms with E-state index >= 15 is 0 Å². The van der Waals surface area contributed by atoms with Crippen LogP contribution in [0.2, 0.25) is 0 Å². The third-order valence-corrected chi connectivity index (χ3v) is 4.79. The average molecular weight is 233 g/mol. The van der Waals surface area contributed by atoms with Gasteiger partial charge in [-0.15, -0.1) is 0 Å². The summed E-state index contributed by atoms with van der Waals surface area (Å²) < 4.78 is 0.367. The summed E-state index contributed by atoms with van der Waals surface area (Å²) in [7, 11) is 0. The smallest absolute Gasteiger partial charge is 0.0494 e. The number of rotatable bonds is 8. The first-order valence-electron chi connectivity index (χ1n) is 5.82. The second-order valence-electron chi connectivity index (χ2n) is 5.02. The van der Waals surface area contributed by atoms with Gasteiger partial charge in [0.1, 0.15) is 0 Å². The first-order valence-corrected chi connectivity index (χ1v) is 7.04. The monoisotopic (exact) mass is 233 g/mol. The van der Waals surface area contributed by atoms with Crippen molar-refractivity contribution in [1.29, 1.82) is 0 Å². The maximum Gasteiger partial charge on any atom is 0.0494 e. The van der Waals surface area contributed by atoms with Gasteiger partial charge in [-0.05, 0) is 19.1 Å². The molecule has 0 aliphatic carbocycles. The van der Waals surface area contributed by atoms with Crippen molar-refractivity contribution in [1.82, 2.24) is 5.32 Å². The molecule has 0 heterocycles. The van der Waals surface area contributed by atoms with Gasteiger partial charge >= 0.3 is 0 Å². The molecule has 0 saturated heterocycles. The summed E-state index contributed by atoms with van der Waals surface area (Å²) >= 11 is 1.95. The quantitative estimate of drug-likeness (QED) is 0.676. The van der Waals surface area contributed by atoms with Crippen LogP contribution in [0.15, 0.2) is 0 Å². The Labute approximate surface area is 99.2 Å². The Bertz CT molecular complexity index is 159. The van der Waals surface area contributed by atoms with Crippen LogP contribution in [-0.4, -0.2) is 35.8 Å². The van der Waals surface area contributed by atoms with Crippen molar-refractivity contribution in [3.05, 3.63) is 0 Å². The zero-order valence-electron chi connectivity index (χ0n) is 10.9. The van der Waals surface area contributed by atoms with Gasteiger partial charge in [-0.25, -0.2) is 0 Å². The molecule has 0 aliphatic rings. The second kappa shape index (κ2) is 6.77. The molecule has 92 valence electrons. The van der Waals surface area contributed by atoms with Gasteiger partial charge in [-0.1, -0.05) is 27.7 Å². The summed E-state index contributed by atoms with van der Waals surface area (Å²) in [5, 5.41) is 12.6. The van der Waals surface area contributed by atoms with Gasteiger partial charge in [-0.2, -0.15) is 11.8 Å². The SMILES string of the molecule is CCC(CC)(CNCC(C)(C)CO)SC. The van der Waals surface area contributed by atoms with E-state index in [1.54, 1.807) is 0 Å². The lowest BCUT2D eigenvalue weighted by Crippen LogP contribution is -2.41. The summed E-state index contributed by atoms with van der Waals surface area (Å²) in [6.45, 7) is 10.8. The van der Waals surface area contributed by atoms with E-state index in [1.165, 1.54) is 12.8 Å². The van der Waals surface area contributed by atoms with Crippen molar-refractivity contribution in [3.8, 4) is 0 Å². The predicted octanol–water partition coefficient (Wildman–Crippen LogP) is 2.52. The zero-order valence-corrected chi connectivity index (χ0v) is 11.7. The molecule has 0 atom stereocenters. The fraction of sp³-hybridized carbons (Fsp3) is 1.00. The molecule has 3 heteroatoms. The molecule has 0 radical (unpaired) electrons. The van der Waals surface area contributed by atoms with Crippen molar-refractivity contribution in [2.75, 3.05) is 26.0 Å². The number of hydrogen-bond acceptors (Lipinski definition) is 3. The predicted molar refractivity (Wildman–Crippen MR) is 70.6 cm³/mol. The summed E-state index contributed by atoms with van der Waals surface area (Å²) in [4.78, 5) is 0. The van der Waals surface area contributed by atoms with Crippen LogP contribution in [0.1, 0.15) is 40.5 Å². The molecule has 2 N–H and O–H groups in total. The van der Waals surface area contributed by atoms with Gasteiger partial charge in [0, 0.05) is 29.9 Å². The van der Waals surface area contributed by atoms with E-state index in [-0.39, 0.29) is 12.0 Å². The van der Waals surface area contributed by atoms with Gasteiger partial charge in [-0.3, -0.25) is 0 Å². The number of aliphatic hydroxyl groups is 1. The highest BCUT2D eigenvalue weighted by Crippen LogP contribution is 2.29. The maximum atomic E-state index is 9.15. The molecule has 0 unspecified atom stereocenters. The fourth-order valence-corrected chi connectivity index (χ4v) is 2.37. The molecule has 0 saturated carbocycles. The van der Waals surface area contributed by atoms with Gasteiger partial charge in [0.2, 0.25) is 0 Å². The highest BCUT2D eigenvalue weighted by atomic mass is 32.2. The van der Waals surface area contributed by atoms with Gasteiger partial charge in [0.05, 0.1) is 0 Å². The van der Waals surface area contributed by atoms with Gasteiger partial charge in [0.15, 0.2) is 0 Å². The van der Waals surface area contributed by atoms with Crippen LogP contribution in [0.4, 0.5) is 0 Å². The number of thioether (sulfide) groups is 1. The summed E-state index contributed by atoms with van der Waals surface area (Å²) in [6.07, 6.45) is 4.57. The largest absolute Gasteiger partial charge is 0.396 e. The molecular weight excluding hydrogens is 206 g/mol. The zero-order chi connectivity index (χ0) is 11.9. The molecule has 0 rings (SSSR count). The van der Waals surface area contributed by atoms with E-state index in [0.717, 1.165) is 13.1 Å². The molecule has 0 bridgehead atoms. The minimum absolute atomic E-state index is 0.00830. The normalized spacial score (nSPS) is 13.2. The van der Waals surface area contributed by atoms with Crippen LogP contribution in [0.3, 0.4) is 0 Å². The minimum Gasteiger partial charge on any atom is -0.396 e. The third-order valence-electron chi connectivity index (χ3n) is 3.20. The Kier molecular flexibility index (Phi) is 6.89.